The van der Waals surface area contributed by atoms with Gasteiger partial charge in [-0.1, -0.05) is 326 Å². The van der Waals surface area contributed by atoms with E-state index in [4.69, 9.17) is 4.74 Å². The molecule has 0 saturated heterocycles. The van der Waals surface area contributed by atoms with E-state index < -0.39 is 12.1 Å². The molecule has 0 heterocycles. The summed E-state index contributed by atoms with van der Waals surface area (Å²) in [6, 6.07) is -0.553. The minimum absolute atomic E-state index is 0.00460. The summed E-state index contributed by atoms with van der Waals surface area (Å²) in [4.78, 5) is 24.7. The summed E-state index contributed by atoms with van der Waals surface area (Å²) >= 11 is 0. The van der Waals surface area contributed by atoms with Crippen LogP contribution in [0, 0.1) is 0 Å². The molecule has 0 aliphatic carbocycles. The summed E-state index contributed by atoms with van der Waals surface area (Å²) in [7, 11) is 0. The van der Waals surface area contributed by atoms with Gasteiger partial charge in [-0.3, -0.25) is 9.59 Å². The van der Waals surface area contributed by atoms with Gasteiger partial charge in [-0.25, -0.2) is 0 Å². The zero-order valence-electron chi connectivity index (χ0n) is 52.7. The number of aliphatic hydroxyl groups excluding tert-OH is 2. The number of carbonyl (C=O) groups excluding carboxylic acids is 2. The normalized spacial score (nSPS) is 12.7. The predicted molar refractivity (Wildman–Crippen MR) is 343 cm³/mol. The monoisotopic (exact) mass is 1100 g/mol. The Morgan fingerprint density at radius 3 is 1.01 bits per heavy atom. The minimum atomic E-state index is -0.675. The largest absolute Gasteiger partial charge is 0.466 e. The van der Waals surface area contributed by atoms with Crippen LogP contribution in [0.5, 0.6) is 0 Å². The third kappa shape index (κ3) is 63.3. The Balaban J connectivity index is 3.44. The SMILES string of the molecule is CCCCC/C=C\C/C=C\CCCCCCCCCCCC(=O)OCCCCCCCC/C=C\CCCCCCCCCC(=O)NC(CO)C(O)CCCCCCCCCCCCCCCCCCCCCCCCCCC. The first-order valence-electron chi connectivity index (χ1n) is 35.2. The lowest BCUT2D eigenvalue weighted by molar-refractivity contribution is -0.143. The maximum absolute atomic E-state index is 12.6. The molecule has 2 unspecified atom stereocenters. The van der Waals surface area contributed by atoms with Gasteiger partial charge in [0, 0.05) is 12.8 Å². The van der Waals surface area contributed by atoms with Crippen LogP contribution in [-0.2, 0) is 14.3 Å². The Bertz CT molecular complexity index is 1260. The topological polar surface area (TPSA) is 95.9 Å². The number of aliphatic hydroxyl groups is 2. The maximum Gasteiger partial charge on any atom is 0.305 e. The first kappa shape index (κ1) is 76.1. The molecule has 6 heteroatoms. The third-order valence-electron chi connectivity index (χ3n) is 16.4. The molecule has 0 spiro atoms. The highest BCUT2D eigenvalue weighted by Gasteiger charge is 2.20. The van der Waals surface area contributed by atoms with E-state index in [1.165, 1.54) is 289 Å². The Hall–Kier alpha value is -1.92. The second-order valence-electron chi connectivity index (χ2n) is 24.2. The molecule has 0 bridgehead atoms. The minimum Gasteiger partial charge on any atom is -0.466 e. The van der Waals surface area contributed by atoms with Crippen molar-refractivity contribution in [2.45, 2.75) is 398 Å². The highest BCUT2D eigenvalue weighted by Crippen LogP contribution is 2.19. The van der Waals surface area contributed by atoms with Gasteiger partial charge in [0.1, 0.15) is 0 Å². The van der Waals surface area contributed by atoms with Crippen LogP contribution in [0.4, 0.5) is 0 Å². The van der Waals surface area contributed by atoms with Crippen molar-refractivity contribution < 1.29 is 24.5 Å². The van der Waals surface area contributed by atoms with Crippen molar-refractivity contribution in [3.05, 3.63) is 36.5 Å². The second kappa shape index (κ2) is 67.6. The van der Waals surface area contributed by atoms with E-state index in [0.29, 0.717) is 25.9 Å². The van der Waals surface area contributed by atoms with Crippen LogP contribution < -0.4 is 5.32 Å². The lowest BCUT2D eigenvalue weighted by Crippen LogP contribution is -2.45. The van der Waals surface area contributed by atoms with Crippen molar-refractivity contribution in [1.29, 1.82) is 0 Å². The van der Waals surface area contributed by atoms with Crippen molar-refractivity contribution in [2.24, 2.45) is 0 Å². The number of hydrogen-bond donors (Lipinski definition) is 3. The Labute approximate surface area is 487 Å². The zero-order valence-corrected chi connectivity index (χ0v) is 52.7. The molecule has 0 aliphatic heterocycles. The summed E-state index contributed by atoms with van der Waals surface area (Å²) in [6.07, 6.45) is 86.1. The number of amides is 1. The van der Waals surface area contributed by atoms with Gasteiger partial charge in [-0.2, -0.15) is 0 Å². The van der Waals surface area contributed by atoms with Gasteiger partial charge in [0.05, 0.1) is 25.4 Å². The first-order valence-corrected chi connectivity index (χ1v) is 35.2. The van der Waals surface area contributed by atoms with Gasteiger partial charge < -0.3 is 20.3 Å². The summed E-state index contributed by atoms with van der Waals surface area (Å²) in [6.45, 7) is 4.94. The van der Waals surface area contributed by atoms with Crippen LogP contribution in [0.1, 0.15) is 386 Å². The molecule has 0 saturated carbocycles. The molecule has 0 fully saturated rings. The molecule has 0 radical (unpaired) electrons. The molecule has 0 aliphatic rings. The molecule has 78 heavy (non-hydrogen) atoms. The van der Waals surface area contributed by atoms with E-state index in [2.05, 4.69) is 55.6 Å². The molecular weight excluding hydrogens is 959 g/mol. The molecule has 1 amide bonds. The molecule has 0 aromatic heterocycles. The fourth-order valence-electron chi connectivity index (χ4n) is 11.0. The van der Waals surface area contributed by atoms with Gasteiger partial charge >= 0.3 is 5.97 Å². The van der Waals surface area contributed by atoms with E-state index >= 15 is 0 Å². The first-order chi connectivity index (χ1) is 38.5. The second-order valence-corrected chi connectivity index (χ2v) is 24.2. The summed E-state index contributed by atoms with van der Waals surface area (Å²) in [5.74, 6) is -0.0476. The number of carbonyl (C=O) groups is 2. The fourth-order valence-corrected chi connectivity index (χ4v) is 11.0. The number of rotatable bonds is 66. The molecule has 0 rings (SSSR count). The van der Waals surface area contributed by atoms with Crippen LogP contribution in [0.3, 0.4) is 0 Å². The predicted octanol–water partition coefficient (Wildman–Crippen LogP) is 22.7. The molecule has 460 valence electrons. The maximum atomic E-state index is 12.6. The molecule has 2 atom stereocenters. The summed E-state index contributed by atoms with van der Waals surface area (Å²) in [5.41, 5.74) is 0. The Kier molecular flexibility index (Phi) is 65.9. The summed E-state index contributed by atoms with van der Waals surface area (Å²) < 4.78 is 5.49. The number of hydrogen-bond acceptors (Lipinski definition) is 5. The Morgan fingerprint density at radius 2 is 0.641 bits per heavy atom. The standard InChI is InChI=1S/C72H137NO5/c1-3-5-7-9-11-13-15-17-19-21-23-24-25-26-27-28-30-32-36-40-44-48-52-56-60-64-70(75)69(68-74)73-71(76)65-61-57-53-49-45-41-37-33-31-35-39-43-47-51-55-59-63-67-78-72(77)66-62-58-54-50-46-42-38-34-29-22-20-18-16-14-12-10-8-6-4-2/h12,14,18,20,31,35,69-70,74-75H,3-11,13,15-17,19,21-30,32-34,36-68H2,1-2H3,(H,73,76)/b14-12-,20-18-,35-31-. The number of ether oxygens (including phenoxy) is 1. The van der Waals surface area contributed by atoms with Crippen molar-refractivity contribution in [1.82, 2.24) is 5.32 Å². The van der Waals surface area contributed by atoms with Crippen molar-refractivity contribution >= 4 is 11.9 Å². The lowest BCUT2D eigenvalue weighted by atomic mass is 10.0. The number of esters is 1. The smallest absolute Gasteiger partial charge is 0.305 e. The van der Waals surface area contributed by atoms with Crippen molar-refractivity contribution in [3.63, 3.8) is 0 Å². The number of nitrogens with one attached hydrogen (secondary N) is 1. The van der Waals surface area contributed by atoms with Crippen LogP contribution in [-0.4, -0.2) is 47.4 Å². The van der Waals surface area contributed by atoms with E-state index in [-0.39, 0.29) is 18.5 Å². The molecular formula is C72H137NO5. The molecule has 6 nitrogen and oxygen atoms in total. The van der Waals surface area contributed by atoms with Gasteiger partial charge in [0.2, 0.25) is 5.91 Å². The highest BCUT2D eigenvalue weighted by atomic mass is 16.5. The van der Waals surface area contributed by atoms with Crippen molar-refractivity contribution in [3.8, 4) is 0 Å². The van der Waals surface area contributed by atoms with Gasteiger partial charge in [-0.05, 0) is 83.5 Å². The fraction of sp³-hybridized carbons (Fsp3) is 0.889. The molecule has 0 aromatic carbocycles. The van der Waals surface area contributed by atoms with E-state index in [1.807, 2.05) is 0 Å². The van der Waals surface area contributed by atoms with Gasteiger partial charge in [-0.15, -0.1) is 0 Å². The third-order valence-corrected chi connectivity index (χ3v) is 16.4. The van der Waals surface area contributed by atoms with Crippen LogP contribution >= 0.6 is 0 Å². The zero-order chi connectivity index (χ0) is 56.4. The van der Waals surface area contributed by atoms with Crippen LogP contribution in [0.25, 0.3) is 0 Å². The van der Waals surface area contributed by atoms with E-state index in [9.17, 15) is 19.8 Å². The van der Waals surface area contributed by atoms with Crippen LogP contribution in [0.15, 0.2) is 36.5 Å². The van der Waals surface area contributed by atoms with Gasteiger partial charge in [0.25, 0.3) is 0 Å². The molecule has 0 aromatic rings. The van der Waals surface area contributed by atoms with E-state index in [1.54, 1.807) is 0 Å². The van der Waals surface area contributed by atoms with E-state index in [0.717, 1.165) is 64.2 Å². The molecule has 3 N–H and O–H groups in total. The number of allylic oxidation sites excluding steroid dienone is 6. The van der Waals surface area contributed by atoms with Crippen LogP contribution in [0.2, 0.25) is 0 Å². The number of unbranched alkanes of at least 4 members (excludes halogenated alkanes) is 49. The van der Waals surface area contributed by atoms with Crippen molar-refractivity contribution in [2.75, 3.05) is 13.2 Å². The van der Waals surface area contributed by atoms with Gasteiger partial charge in [0.15, 0.2) is 0 Å². The highest BCUT2D eigenvalue weighted by molar-refractivity contribution is 5.76. The summed E-state index contributed by atoms with van der Waals surface area (Å²) in [5, 5.41) is 23.4. The average molecular weight is 1100 g/mol. The lowest BCUT2D eigenvalue weighted by Gasteiger charge is -2.22. The Morgan fingerprint density at radius 1 is 0.359 bits per heavy atom. The average Bonchev–Trinajstić information content (AvgIpc) is 3.44. The quantitative estimate of drug-likeness (QED) is 0.0320.